The molecule has 0 saturated carbocycles. The molecule has 0 heterocycles. The van der Waals surface area contributed by atoms with Crippen molar-refractivity contribution in [3.05, 3.63) is 12.2 Å². The molecule has 0 aromatic rings. The molecule has 3 heteroatoms. The van der Waals surface area contributed by atoms with Crippen molar-refractivity contribution in [3.8, 4) is 0 Å². The number of rotatable bonds is 1. The lowest BCUT2D eigenvalue weighted by atomic mass is 10.5. The van der Waals surface area contributed by atoms with Gasteiger partial charge in [0.2, 0.25) is 0 Å². The van der Waals surface area contributed by atoms with Crippen molar-refractivity contribution in [1.82, 2.24) is 0 Å². The van der Waals surface area contributed by atoms with Crippen LogP contribution in [0.25, 0.3) is 0 Å². The molecule has 0 saturated heterocycles. The normalized spacial score (nSPS) is 8.14. The van der Waals surface area contributed by atoms with Gasteiger partial charge in [0, 0.05) is 6.08 Å². The topological polar surface area (TPSA) is 37.3 Å². The highest BCUT2D eigenvalue weighted by molar-refractivity contribution is 5.85. The number of allylic oxidation sites excluding steroid dienone is 1. The molecule has 7 heavy (non-hydrogen) atoms. The molecule has 42 valence electrons. The molecule has 0 radical (unpaired) electrons. The van der Waals surface area contributed by atoms with E-state index in [-0.39, 0.29) is 12.4 Å². The minimum absolute atomic E-state index is 0. The van der Waals surface area contributed by atoms with E-state index >= 15 is 0 Å². The first-order chi connectivity index (χ1) is 2.77. The third-order valence-electron chi connectivity index (χ3n) is 0.309. The minimum Gasteiger partial charge on any atom is -0.478 e. The summed E-state index contributed by atoms with van der Waals surface area (Å²) >= 11 is 0. The zero-order valence-electron chi connectivity index (χ0n) is 3.92. The summed E-state index contributed by atoms with van der Waals surface area (Å²) in [7, 11) is 0. The monoisotopic (exact) mass is 122 g/mol. The van der Waals surface area contributed by atoms with Crippen molar-refractivity contribution in [2.75, 3.05) is 0 Å². The first-order valence-electron chi connectivity index (χ1n) is 1.63. The van der Waals surface area contributed by atoms with Crippen molar-refractivity contribution in [2.24, 2.45) is 0 Å². The van der Waals surface area contributed by atoms with E-state index in [2.05, 4.69) is 0 Å². The second-order valence-electron chi connectivity index (χ2n) is 0.838. The van der Waals surface area contributed by atoms with Gasteiger partial charge >= 0.3 is 5.97 Å². The van der Waals surface area contributed by atoms with Gasteiger partial charge in [0.1, 0.15) is 0 Å². The molecule has 0 aromatic carbocycles. The van der Waals surface area contributed by atoms with E-state index in [1.165, 1.54) is 6.08 Å². The van der Waals surface area contributed by atoms with Gasteiger partial charge in [0.05, 0.1) is 0 Å². The average Bonchev–Trinajstić information content (AvgIpc) is 1.35. The molecule has 0 fully saturated rings. The van der Waals surface area contributed by atoms with Gasteiger partial charge in [-0.2, -0.15) is 0 Å². The van der Waals surface area contributed by atoms with E-state index in [0.29, 0.717) is 0 Å². The van der Waals surface area contributed by atoms with Crippen LogP contribution in [0, 0.1) is 0 Å². The molecule has 0 aliphatic carbocycles. The number of aliphatic carboxylic acids is 1. The van der Waals surface area contributed by atoms with Gasteiger partial charge in [0.15, 0.2) is 0 Å². The molecular formula is C4H7ClO2. The van der Waals surface area contributed by atoms with E-state index in [1.54, 1.807) is 6.92 Å². The van der Waals surface area contributed by atoms with E-state index in [0.717, 1.165) is 6.08 Å². The van der Waals surface area contributed by atoms with Crippen LogP contribution in [-0.2, 0) is 4.79 Å². The fraction of sp³-hybridized carbons (Fsp3) is 0.250. The van der Waals surface area contributed by atoms with Gasteiger partial charge in [-0.05, 0) is 6.92 Å². The SMILES string of the molecule is C/C=C/C(=O)O.Cl. The summed E-state index contributed by atoms with van der Waals surface area (Å²) in [5, 5.41) is 7.83. The molecule has 0 amide bonds. The van der Waals surface area contributed by atoms with E-state index in [9.17, 15) is 4.79 Å². The van der Waals surface area contributed by atoms with Crippen LogP contribution in [0.2, 0.25) is 0 Å². The summed E-state index contributed by atoms with van der Waals surface area (Å²) < 4.78 is 0. The van der Waals surface area contributed by atoms with Crippen LogP contribution in [-0.4, -0.2) is 11.1 Å². The maximum atomic E-state index is 9.51. The van der Waals surface area contributed by atoms with Crippen molar-refractivity contribution >= 4 is 18.4 Å². The zero-order chi connectivity index (χ0) is 4.99. The van der Waals surface area contributed by atoms with Crippen molar-refractivity contribution in [3.63, 3.8) is 0 Å². The number of carboxylic acids is 1. The maximum absolute atomic E-state index is 9.51. The molecule has 1 N–H and O–H groups in total. The second kappa shape index (κ2) is 5.50. The Morgan fingerprint density at radius 1 is 1.71 bits per heavy atom. The number of carbonyl (C=O) groups is 1. The lowest BCUT2D eigenvalue weighted by Gasteiger charge is -1.68. The summed E-state index contributed by atoms with van der Waals surface area (Å²) in [5.41, 5.74) is 0. The summed E-state index contributed by atoms with van der Waals surface area (Å²) in [6.07, 6.45) is 2.56. The van der Waals surface area contributed by atoms with Gasteiger partial charge in [-0.25, -0.2) is 4.79 Å². The Morgan fingerprint density at radius 3 is 2.14 bits per heavy atom. The fourth-order valence-corrected chi connectivity index (χ4v) is 0.143. The van der Waals surface area contributed by atoms with Crippen LogP contribution in [0.1, 0.15) is 6.92 Å². The highest BCUT2D eigenvalue weighted by atomic mass is 35.5. The maximum Gasteiger partial charge on any atom is 0.327 e. The summed E-state index contributed by atoms with van der Waals surface area (Å²) in [6, 6.07) is 0. The predicted molar refractivity (Wildman–Crippen MR) is 29.7 cm³/mol. The third-order valence-corrected chi connectivity index (χ3v) is 0.309. The highest BCUT2D eigenvalue weighted by Crippen LogP contribution is 1.65. The molecule has 0 atom stereocenters. The van der Waals surface area contributed by atoms with Crippen molar-refractivity contribution < 1.29 is 9.90 Å². The number of halogens is 1. The predicted octanol–water partition coefficient (Wildman–Crippen LogP) is 1.07. The van der Waals surface area contributed by atoms with Crippen molar-refractivity contribution in [2.45, 2.75) is 6.92 Å². The quantitative estimate of drug-likeness (QED) is 0.529. The summed E-state index contributed by atoms with van der Waals surface area (Å²) in [6.45, 7) is 1.66. The number of hydrogen-bond donors (Lipinski definition) is 1. The van der Waals surface area contributed by atoms with Crippen molar-refractivity contribution in [1.29, 1.82) is 0 Å². The molecular weight excluding hydrogens is 115 g/mol. The Bertz CT molecular complexity index is 77.8. The minimum atomic E-state index is -0.891. The third kappa shape index (κ3) is 10.8. The number of hydrogen-bond acceptors (Lipinski definition) is 1. The fourth-order valence-electron chi connectivity index (χ4n) is 0.143. The molecule has 2 nitrogen and oxygen atoms in total. The van der Waals surface area contributed by atoms with E-state index in [1.807, 2.05) is 0 Å². The van der Waals surface area contributed by atoms with Gasteiger partial charge in [-0.3, -0.25) is 0 Å². The van der Waals surface area contributed by atoms with E-state index in [4.69, 9.17) is 5.11 Å². The number of carboxylic acid groups (broad SMARTS) is 1. The highest BCUT2D eigenvalue weighted by Gasteiger charge is 1.76. The molecule has 0 aliphatic rings. The van der Waals surface area contributed by atoms with Gasteiger partial charge in [-0.15, -0.1) is 12.4 Å². The molecule has 0 bridgehead atoms. The Morgan fingerprint density at radius 2 is 2.14 bits per heavy atom. The molecule has 0 unspecified atom stereocenters. The van der Waals surface area contributed by atoms with Crippen LogP contribution in [0.15, 0.2) is 12.2 Å². The van der Waals surface area contributed by atoms with Gasteiger partial charge < -0.3 is 5.11 Å². The second-order valence-corrected chi connectivity index (χ2v) is 0.838. The Balaban J connectivity index is 0. The Labute approximate surface area is 48.3 Å². The Kier molecular flexibility index (Phi) is 7.63. The smallest absolute Gasteiger partial charge is 0.327 e. The molecule has 0 aromatic heterocycles. The largest absolute Gasteiger partial charge is 0.478 e. The van der Waals surface area contributed by atoms with Gasteiger partial charge in [-0.1, -0.05) is 6.08 Å². The van der Waals surface area contributed by atoms with Crippen LogP contribution in [0.4, 0.5) is 0 Å². The van der Waals surface area contributed by atoms with E-state index < -0.39 is 5.97 Å². The van der Waals surface area contributed by atoms with Crippen LogP contribution >= 0.6 is 12.4 Å². The lowest BCUT2D eigenvalue weighted by molar-refractivity contribution is -0.131. The zero-order valence-corrected chi connectivity index (χ0v) is 4.73. The lowest BCUT2D eigenvalue weighted by Crippen LogP contribution is -1.83. The first kappa shape index (κ1) is 9.71. The molecule has 0 aliphatic heterocycles. The van der Waals surface area contributed by atoms with Crippen LogP contribution in [0.5, 0.6) is 0 Å². The van der Waals surface area contributed by atoms with Gasteiger partial charge in [0.25, 0.3) is 0 Å². The first-order valence-corrected chi connectivity index (χ1v) is 1.63. The molecule has 0 rings (SSSR count). The summed E-state index contributed by atoms with van der Waals surface area (Å²) in [4.78, 5) is 9.51. The summed E-state index contributed by atoms with van der Waals surface area (Å²) in [5.74, 6) is -0.891. The molecule has 0 spiro atoms. The van der Waals surface area contributed by atoms with Crippen LogP contribution in [0.3, 0.4) is 0 Å². The Hall–Kier alpha value is -0.500. The average molecular weight is 123 g/mol. The van der Waals surface area contributed by atoms with Crippen LogP contribution < -0.4 is 0 Å². The standard InChI is InChI=1S/C4H6O2.ClH/c1-2-3-4(5)6;/h2-3H,1H3,(H,5,6);1H/b3-2+;.